The number of nitrogens with zero attached hydrogens (tertiary/aromatic N) is 1. The molecule has 2 fully saturated rings. The summed E-state index contributed by atoms with van der Waals surface area (Å²) in [5.41, 5.74) is 0.837. The van der Waals surface area contributed by atoms with E-state index < -0.39 is 34.1 Å². The first-order valence-electron chi connectivity index (χ1n) is 8.42. The Bertz CT molecular complexity index is 787. The Morgan fingerprint density at radius 3 is 2.56 bits per heavy atom. The van der Waals surface area contributed by atoms with Crippen LogP contribution < -0.4 is 5.32 Å². The molecule has 0 aromatic heterocycles. The van der Waals surface area contributed by atoms with E-state index in [2.05, 4.69) is 5.32 Å². The summed E-state index contributed by atoms with van der Waals surface area (Å²) < 4.78 is -0.804. The fourth-order valence-electron chi connectivity index (χ4n) is 3.40. The first kappa shape index (κ1) is 19.8. The Morgan fingerprint density at radius 2 is 1.96 bits per heavy atom. The van der Waals surface area contributed by atoms with Crippen molar-refractivity contribution in [1.82, 2.24) is 10.2 Å². The molecule has 0 bridgehead atoms. The molecule has 7 nitrogen and oxygen atoms in total. The molecule has 0 radical (unpaired) electrons. The molecular formula is C18H20N2O5S2. The van der Waals surface area contributed by atoms with E-state index in [9.17, 15) is 24.3 Å². The predicted molar refractivity (Wildman–Crippen MR) is 103 cm³/mol. The number of fused-ring (bicyclic) bond motifs is 1. The van der Waals surface area contributed by atoms with Crippen LogP contribution in [0.25, 0.3) is 0 Å². The number of β-lactam (4-membered cyclic amide) rings is 1. The number of carboxylic acids is 1. The van der Waals surface area contributed by atoms with Crippen LogP contribution in [0.1, 0.15) is 19.4 Å². The van der Waals surface area contributed by atoms with Crippen molar-refractivity contribution in [2.75, 3.05) is 5.75 Å². The number of nitrogens with one attached hydrogen (secondary N) is 1. The monoisotopic (exact) mass is 408 g/mol. The second kappa shape index (κ2) is 7.55. The third-order valence-electron chi connectivity index (χ3n) is 4.65. The predicted octanol–water partition coefficient (Wildman–Crippen LogP) is 1.12. The molecule has 0 saturated carbocycles. The van der Waals surface area contributed by atoms with E-state index in [0.29, 0.717) is 0 Å². The molecule has 2 amide bonds. The van der Waals surface area contributed by atoms with Crippen molar-refractivity contribution in [1.29, 1.82) is 0 Å². The number of aliphatic carboxylic acids is 1. The average Bonchev–Trinajstić information content (AvgIpc) is 2.89. The summed E-state index contributed by atoms with van der Waals surface area (Å²) in [5, 5.41) is 11.8. The van der Waals surface area contributed by atoms with Crippen LogP contribution in [-0.4, -0.2) is 60.9 Å². The third-order valence-corrected chi connectivity index (χ3v) is 7.63. The summed E-state index contributed by atoms with van der Waals surface area (Å²) in [5.74, 6) is -1.48. The molecule has 2 aliphatic rings. The highest BCUT2D eigenvalue weighted by Crippen LogP contribution is 2.52. The summed E-state index contributed by atoms with van der Waals surface area (Å²) in [4.78, 5) is 49.2. The Labute approximate surface area is 165 Å². The first-order chi connectivity index (χ1) is 12.7. The Kier molecular flexibility index (Phi) is 5.53. The second-order valence-electron chi connectivity index (χ2n) is 6.80. The van der Waals surface area contributed by atoms with Gasteiger partial charge in [-0.2, -0.15) is 0 Å². The number of benzene rings is 1. The van der Waals surface area contributed by atoms with Gasteiger partial charge >= 0.3 is 5.97 Å². The van der Waals surface area contributed by atoms with Crippen molar-refractivity contribution >= 4 is 46.4 Å². The smallest absolute Gasteiger partial charge is 0.327 e. The van der Waals surface area contributed by atoms with Crippen molar-refractivity contribution in [2.45, 2.75) is 42.5 Å². The third kappa shape index (κ3) is 3.84. The molecule has 0 aliphatic carbocycles. The number of carboxylic acid groups (broad SMARTS) is 1. The molecule has 1 aromatic carbocycles. The van der Waals surface area contributed by atoms with Crippen LogP contribution in [0.4, 0.5) is 0 Å². The summed E-state index contributed by atoms with van der Waals surface area (Å²) in [7, 11) is 0. The van der Waals surface area contributed by atoms with Gasteiger partial charge in [-0.05, 0) is 12.5 Å². The van der Waals surface area contributed by atoms with Gasteiger partial charge in [0.05, 0.1) is 11.2 Å². The Balaban J connectivity index is 1.69. The van der Waals surface area contributed by atoms with Crippen molar-refractivity contribution in [3.8, 4) is 0 Å². The van der Waals surface area contributed by atoms with Gasteiger partial charge in [-0.3, -0.25) is 14.4 Å². The van der Waals surface area contributed by atoms with Gasteiger partial charge in [0.1, 0.15) is 17.5 Å². The molecule has 2 heterocycles. The molecule has 4 atom stereocenters. The van der Waals surface area contributed by atoms with Crippen LogP contribution >= 0.6 is 23.5 Å². The minimum absolute atomic E-state index is 0.103. The highest BCUT2D eigenvalue weighted by molar-refractivity contribution is 8.14. The molecule has 0 spiro atoms. The summed E-state index contributed by atoms with van der Waals surface area (Å²) in [6, 6.07) is 7.43. The lowest BCUT2D eigenvalue weighted by atomic mass is 9.95. The van der Waals surface area contributed by atoms with E-state index in [0.717, 1.165) is 17.3 Å². The van der Waals surface area contributed by atoms with Crippen LogP contribution in [0.5, 0.6) is 0 Å². The second-order valence-corrected chi connectivity index (χ2v) is 9.60. The largest absolute Gasteiger partial charge is 0.480 e. The molecule has 1 aromatic rings. The van der Waals surface area contributed by atoms with Crippen LogP contribution in [0.2, 0.25) is 0 Å². The van der Waals surface area contributed by atoms with Gasteiger partial charge in [0, 0.05) is 12.7 Å². The zero-order valence-corrected chi connectivity index (χ0v) is 16.5. The number of hydrogen-bond acceptors (Lipinski definition) is 6. The highest BCUT2D eigenvalue weighted by Gasteiger charge is 2.65. The molecule has 144 valence electrons. The van der Waals surface area contributed by atoms with Crippen molar-refractivity contribution in [3.63, 3.8) is 0 Å². The topological polar surface area (TPSA) is 104 Å². The van der Waals surface area contributed by atoms with Crippen LogP contribution in [0.15, 0.2) is 30.3 Å². The maximum atomic E-state index is 12.5. The summed E-state index contributed by atoms with van der Waals surface area (Å²) in [6.07, 6.45) is 0.155. The van der Waals surface area contributed by atoms with Crippen molar-refractivity contribution in [2.24, 2.45) is 0 Å². The zero-order valence-electron chi connectivity index (χ0n) is 14.9. The highest BCUT2D eigenvalue weighted by atomic mass is 32.2. The summed E-state index contributed by atoms with van der Waals surface area (Å²) in [6.45, 7) is 3.18. The van der Waals surface area contributed by atoms with Crippen molar-refractivity contribution < 1.29 is 24.3 Å². The number of thioether (sulfide) groups is 2. The van der Waals surface area contributed by atoms with Crippen LogP contribution in [-0.2, 0) is 25.6 Å². The van der Waals surface area contributed by atoms with Gasteiger partial charge in [0.2, 0.25) is 11.8 Å². The van der Waals surface area contributed by atoms with Gasteiger partial charge in [0.15, 0.2) is 5.12 Å². The molecule has 2 aliphatic heterocycles. The van der Waals surface area contributed by atoms with Crippen LogP contribution in [0, 0.1) is 0 Å². The fourth-order valence-corrected chi connectivity index (χ4v) is 6.05. The molecule has 27 heavy (non-hydrogen) atoms. The summed E-state index contributed by atoms with van der Waals surface area (Å²) >= 11 is 2.39. The van der Waals surface area contributed by atoms with Crippen LogP contribution in [0.3, 0.4) is 0 Å². The molecule has 3 rings (SSSR count). The van der Waals surface area contributed by atoms with E-state index in [1.54, 1.807) is 6.92 Å². The lowest BCUT2D eigenvalue weighted by molar-refractivity contribution is -0.161. The van der Waals surface area contributed by atoms with E-state index in [-0.39, 0.29) is 23.2 Å². The van der Waals surface area contributed by atoms with E-state index in [4.69, 9.17) is 0 Å². The van der Waals surface area contributed by atoms with E-state index in [1.807, 2.05) is 30.3 Å². The quantitative estimate of drug-likeness (QED) is 0.680. The lowest BCUT2D eigenvalue weighted by Gasteiger charge is -2.43. The van der Waals surface area contributed by atoms with Gasteiger partial charge in [-0.15, -0.1) is 11.8 Å². The number of hydrogen-bond donors (Lipinski definition) is 2. The number of rotatable bonds is 6. The molecule has 9 heteroatoms. The molecule has 2 saturated heterocycles. The van der Waals surface area contributed by atoms with Gasteiger partial charge in [-0.25, -0.2) is 4.79 Å². The first-order valence-corrected chi connectivity index (χ1v) is 10.3. The maximum Gasteiger partial charge on any atom is 0.327 e. The van der Waals surface area contributed by atoms with Crippen molar-refractivity contribution in [3.05, 3.63) is 35.9 Å². The fraction of sp³-hybridized carbons (Fsp3) is 0.444. The maximum absolute atomic E-state index is 12.5. The molecular weight excluding hydrogens is 388 g/mol. The normalized spacial score (nSPS) is 29.0. The number of carbonyl (C=O) groups is 4. The Hall–Kier alpha value is -2.00. The SMILES string of the molecule is CC(=O)SCC1(C)SC2C(NC(=O)Cc3ccccc3)C(=O)N2[C@H]1C(=O)O. The zero-order chi connectivity index (χ0) is 19.8. The van der Waals surface area contributed by atoms with E-state index >= 15 is 0 Å². The van der Waals surface area contributed by atoms with Gasteiger partial charge < -0.3 is 15.3 Å². The minimum atomic E-state index is -1.10. The standard InChI is InChI=1S/C18H20N2O5S2/c1-10(21)26-9-18(2)14(17(24)25)20-15(23)13(16(20)27-18)19-12(22)8-11-6-4-3-5-7-11/h3-7,13-14,16H,8-9H2,1-2H3,(H,19,22)(H,24,25)/t13?,14-,16?,18?/m0/s1. The molecule has 2 N–H and O–H groups in total. The average molecular weight is 409 g/mol. The van der Waals surface area contributed by atoms with Gasteiger partial charge in [-0.1, -0.05) is 42.1 Å². The lowest BCUT2D eigenvalue weighted by Crippen LogP contribution is -2.70. The number of carbonyl (C=O) groups excluding carboxylic acids is 3. The minimum Gasteiger partial charge on any atom is -0.480 e. The van der Waals surface area contributed by atoms with E-state index in [1.165, 1.54) is 23.6 Å². The number of amides is 2. The Morgan fingerprint density at radius 1 is 1.30 bits per heavy atom. The molecule has 3 unspecified atom stereocenters. The van der Waals surface area contributed by atoms with Gasteiger partial charge in [0.25, 0.3) is 0 Å².